The fourth-order valence-electron chi connectivity index (χ4n) is 2.09. The smallest absolute Gasteiger partial charge is 0.463 e. The molecule has 0 aromatic rings. The van der Waals surface area contributed by atoms with Crippen LogP contribution < -0.4 is 0 Å². The molecule has 0 rings (SSSR count). The Morgan fingerprint density at radius 1 is 0.944 bits per heavy atom. The molecule has 0 amide bonds. The van der Waals surface area contributed by atoms with E-state index in [1.54, 1.807) is 0 Å². The van der Waals surface area contributed by atoms with Crippen molar-refractivity contribution in [2.45, 2.75) is 77.7 Å². The van der Waals surface area contributed by atoms with Crippen molar-refractivity contribution in [2.75, 3.05) is 6.61 Å². The monoisotopic (exact) mass is 272 g/mol. The standard InChI is InChI=1S/C7H15O2.2C4H9.Al/c1-3-5-6-9-7(8)4-2;2*1-4(2)3;/h7H,3-6H2,1-2H3;2*4H,1H2,2-3H3;/q-1;;;+1. The summed E-state index contributed by atoms with van der Waals surface area (Å²) in [4.78, 5) is 0. The predicted molar refractivity (Wildman–Crippen MR) is 81.1 cm³/mol. The maximum absolute atomic E-state index is 6.28. The summed E-state index contributed by atoms with van der Waals surface area (Å²) >= 11 is -1.10. The Labute approximate surface area is 119 Å². The van der Waals surface area contributed by atoms with Crippen molar-refractivity contribution in [1.82, 2.24) is 0 Å². The molecule has 0 saturated heterocycles. The van der Waals surface area contributed by atoms with Gasteiger partial charge in [0, 0.05) is 6.61 Å². The SMILES string of the molecule is CCCCOC(CC)[O][Al]([CH2]C(C)C)[CH2]C(C)C. The topological polar surface area (TPSA) is 18.5 Å². The molecule has 0 aliphatic rings. The Hall–Kier alpha value is 0.452. The van der Waals surface area contributed by atoms with Crippen LogP contribution >= 0.6 is 0 Å². The van der Waals surface area contributed by atoms with Gasteiger partial charge in [-0.25, -0.2) is 0 Å². The van der Waals surface area contributed by atoms with Gasteiger partial charge in [0.2, 0.25) is 0 Å². The lowest BCUT2D eigenvalue weighted by Gasteiger charge is -2.24. The van der Waals surface area contributed by atoms with Gasteiger partial charge in [-0.2, -0.15) is 0 Å². The Morgan fingerprint density at radius 2 is 1.50 bits per heavy atom. The van der Waals surface area contributed by atoms with Gasteiger partial charge >= 0.3 is 14.5 Å². The zero-order chi connectivity index (χ0) is 14.0. The minimum absolute atomic E-state index is 0.0470. The molecule has 0 N–H and O–H groups in total. The van der Waals surface area contributed by atoms with Crippen LogP contribution in [0.3, 0.4) is 0 Å². The first-order chi connectivity index (χ1) is 8.49. The van der Waals surface area contributed by atoms with Crippen LogP contribution in [0.5, 0.6) is 0 Å². The van der Waals surface area contributed by atoms with Gasteiger partial charge in [0.1, 0.15) is 6.29 Å². The lowest BCUT2D eigenvalue weighted by molar-refractivity contribution is -0.0859. The van der Waals surface area contributed by atoms with E-state index in [4.69, 9.17) is 8.53 Å². The highest BCUT2D eigenvalue weighted by Gasteiger charge is 2.26. The molecule has 0 radical (unpaired) electrons. The highest BCUT2D eigenvalue weighted by atomic mass is 27.2. The van der Waals surface area contributed by atoms with E-state index in [0.717, 1.165) is 31.3 Å². The van der Waals surface area contributed by atoms with E-state index in [0.29, 0.717) is 0 Å². The molecule has 0 aliphatic heterocycles. The van der Waals surface area contributed by atoms with Crippen LogP contribution in [0.2, 0.25) is 10.6 Å². The van der Waals surface area contributed by atoms with Crippen molar-refractivity contribution in [2.24, 2.45) is 11.8 Å². The molecule has 0 aromatic heterocycles. The molecule has 2 nitrogen and oxygen atoms in total. The molecule has 3 heteroatoms. The van der Waals surface area contributed by atoms with Gasteiger partial charge in [-0.05, 0) is 12.8 Å². The first-order valence-corrected chi connectivity index (χ1v) is 9.87. The normalized spacial score (nSPS) is 13.3. The summed E-state index contributed by atoms with van der Waals surface area (Å²) in [5, 5.41) is 2.54. The lowest BCUT2D eigenvalue weighted by atomic mass is 10.3. The van der Waals surface area contributed by atoms with Crippen molar-refractivity contribution in [3.05, 3.63) is 0 Å². The highest BCUT2D eigenvalue weighted by Crippen LogP contribution is 2.18. The Balaban J connectivity index is 4.14. The van der Waals surface area contributed by atoms with Gasteiger partial charge in [0.25, 0.3) is 0 Å². The van der Waals surface area contributed by atoms with Crippen LogP contribution in [0.25, 0.3) is 0 Å². The average Bonchev–Trinajstić information content (AvgIpc) is 2.26. The summed E-state index contributed by atoms with van der Waals surface area (Å²) in [5.74, 6) is 1.49. The second-order valence-electron chi connectivity index (χ2n) is 6.08. The molecular formula is C15H33AlO2. The second kappa shape index (κ2) is 11.3. The van der Waals surface area contributed by atoms with Gasteiger partial charge in [-0.1, -0.05) is 70.4 Å². The summed E-state index contributed by atoms with van der Waals surface area (Å²) in [6.07, 6.45) is 3.35. The van der Waals surface area contributed by atoms with E-state index < -0.39 is 14.5 Å². The number of unbranched alkanes of at least 4 members (excludes halogenated alkanes) is 1. The van der Waals surface area contributed by atoms with Crippen molar-refractivity contribution >= 4 is 14.5 Å². The van der Waals surface area contributed by atoms with Crippen LogP contribution in [0.15, 0.2) is 0 Å². The summed E-state index contributed by atoms with van der Waals surface area (Å²) in [5.41, 5.74) is 0. The minimum atomic E-state index is -1.10. The first-order valence-electron chi connectivity index (χ1n) is 7.76. The Bertz CT molecular complexity index is 173. The van der Waals surface area contributed by atoms with Gasteiger partial charge < -0.3 is 8.53 Å². The molecule has 0 spiro atoms. The number of ether oxygens (including phenoxy) is 1. The van der Waals surface area contributed by atoms with E-state index in [1.165, 1.54) is 17.0 Å². The number of rotatable bonds is 11. The fraction of sp³-hybridized carbons (Fsp3) is 1.00. The first kappa shape index (κ1) is 18.5. The second-order valence-corrected chi connectivity index (χ2v) is 8.54. The lowest BCUT2D eigenvalue weighted by Crippen LogP contribution is -2.30. The molecule has 1 unspecified atom stereocenters. The third kappa shape index (κ3) is 10.4. The molecule has 108 valence electrons. The molecule has 18 heavy (non-hydrogen) atoms. The summed E-state index contributed by atoms with van der Waals surface area (Å²) in [6.45, 7) is 14.4. The third-order valence-electron chi connectivity index (χ3n) is 2.95. The van der Waals surface area contributed by atoms with Crippen molar-refractivity contribution in [3.8, 4) is 0 Å². The molecule has 0 aliphatic carbocycles. The molecule has 0 fully saturated rings. The zero-order valence-corrected chi connectivity index (χ0v) is 14.5. The van der Waals surface area contributed by atoms with Crippen LogP contribution in [-0.4, -0.2) is 27.4 Å². The molecule has 0 aromatic carbocycles. The summed E-state index contributed by atoms with van der Waals surface area (Å²) < 4.78 is 12.1. The van der Waals surface area contributed by atoms with E-state index in [2.05, 4.69) is 41.5 Å². The Kier molecular flexibility index (Phi) is 11.6. The maximum atomic E-state index is 6.28. The van der Waals surface area contributed by atoms with Crippen LogP contribution in [-0.2, 0) is 8.53 Å². The molecule has 0 bridgehead atoms. The third-order valence-corrected chi connectivity index (χ3v) is 6.57. The molecule has 1 atom stereocenters. The average molecular weight is 272 g/mol. The quantitative estimate of drug-likeness (QED) is 0.304. The number of hydrogen-bond acceptors (Lipinski definition) is 2. The van der Waals surface area contributed by atoms with Gasteiger partial charge in [-0.3, -0.25) is 0 Å². The van der Waals surface area contributed by atoms with E-state index in [9.17, 15) is 0 Å². The van der Waals surface area contributed by atoms with E-state index >= 15 is 0 Å². The fourth-order valence-corrected chi connectivity index (χ4v) is 5.30. The molecule has 0 heterocycles. The van der Waals surface area contributed by atoms with Gasteiger partial charge in [-0.15, -0.1) is 0 Å². The van der Waals surface area contributed by atoms with Crippen molar-refractivity contribution in [1.29, 1.82) is 0 Å². The van der Waals surface area contributed by atoms with Crippen LogP contribution in [0.1, 0.15) is 60.8 Å². The number of hydrogen-bond donors (Lipinski definition) is 0. The highest BCUT2D eigenvalue weighted by molar-refractivity contribution is 6.51. The van der Waals surface area contributed by atoms with E-state index in [-0.39, 0.29) is 6.29 Å². The van der Waals surface area contributed by atoms with E-state index in [1.807, 2.05) is 0 Å². The maximum Gasteiger partial charge on any atom is 0.463 e. The predicted octanol–water partition coefficient (Wildman–Crippen LogP) is 4.86. The summed E-state index contributed by atoms with van der Waals surface area (Å²) in [7, 11) is 0. The largest absolute Gasteiger partial charge is 0.478 e. The minimum Gasteiger partial charge on any atom is -0.478 e. The zero-order valence-electron chi connectivity index (χ0n) is 13.4. The summed E-state index contributed by atoms with van der Waals surface area (Å²) in [6, 6.07) is 0. The van der Waals surface area contributed by atoms with Crippen molar-refractivity contribution in [3.63, 3.8) is 0 Å². The molecule has 0 saturated carbocycles. The molecular weight excluding hydrogens is 239 g/mol. The van der Waals surface area contributed by atoms with Crippen LogP contribution in [0.4, 0.5) is 0 Å². The van der Waals surface area contributed by atoms with Gasteiger partial charge in [0.05, 0.1) is 0 Å². The van der Waals surface area contributed by atoms with Crippen LogP contribution in [0, 0.1) is 11.8 Å². The Morgan fingerprint density at radius 3 is 1.89 bits per heavy atom. The van der Waals surface area contributed by atoms with Crippen molar-refractivity contribution < 1.29 is 8.53 Å². The van der Waals surface area contributed by atoms with Gasteiger partial charge in [0.15, 0.2) is 0 Å².